The van der Waals surface area contributed by atoms with Crippen LogP contribution in [0.5, 0.6) is 0 Å². The summed E-state index contributed by atoms with van der Waals surface area (Å²) in [5, 5.41) is 0. The van der Waals surface area contributed by atoms with Crippen molar-refractivity contribution in [2.45, 2.75) is 27.2 Å². The van der Waals surface area contributed by atoms with Gasteiger partial charge in [-0.1, -0.05) is 13.8 Å². The second-order valence-corrected chi connectivity index (χ2v) is 7.19. The highest BCUT2D eigenvalue weighted by atomic mass is 32.2. The van der Waals surface area contributed by atoms with Crippen LogP contribution in [0.1, 0.15) is 26.1 Å². The molecule has 0 saturated carbocycles. The number of hydrogen-bond donors (Lipinski definition) is 1. The van der Waals surface area contributed by atoms with E-state index >= 15 is 0 Å². The third kappa shape index (κ3) is 4.29. The topological polar surface area (TPSA) is 76.9 Å². The largest absolute Gasteiger partial charge is 0.288 e. The molecule has 2 heterocycles. The number of hydrogen-bond acceptors (Lipinski definition) is 4. The molecule has 114 valence electrons. The fourth-order valence-electron chi connectivity index (χ4n) is 1.83. The first-order valence-corrected chi connectivity index (χ1v) is 8.49. The van der Waals surface area contributed by atoms with E-state index in [4.69, 9.17) is 0 Å². The van der Waals surface area contributed by atoms with Gasteiger partial charge in [0.25, 0.3) is 0 Å². The lowest BCUT2D eigenvalue weighted by Crippen LogP contribution is -2.18. The molecule has 0 spiro atoms. The fourth-order valence-corrected chi connectivity index (χ4v) is 3.19. The quantitative estimate of drug-likeness (QED) is 0.888. The first-order chi connectivity index (χ1) is 9.87. The van der Waals surface area contributed by atoms with E-state index in [2.05, 4.69) is 14.7 Å². The molecule has 7 heteroatoms. The molecule has 2 aromatic rings. The first-order valence-electron chi connectivity index (χ1n) is 6.84. The van der Waals surface area contributed by atoms with Crippen molar-refractivity contribution in [2.24, 2.45) is 5.92 Å². The van der Waals surface area contributed by atoms with Crippen LogP contribution < -0.4 is 4.72 Å². The second kappa shape index (κ2) is 6.26. The number of nitrogens with zero attached hydrogens (tertiary/aromatic N) is 3. The Morgan fingerprint density at radius 3 is 2.57 bits per heavy atom. The molecule has 21 heavy (non-hydrogen) atoms. The van der Waals surface area contributed by atoms with E-state index in [9.17, 15) is 8.42 Å². The highest BCUT2D eigenvalue weighted by molar-refractivity contribution is 7.92. The summed E-state index contributed by atoms with van der Waals surface area (Å²) in [6, 6.07) is 3.46. The van der Waals surface area contributed by atoms with Gasteiger partial charge < -0.3 is 0 Å². The molecule has 2 rings (SSSR count). The summed E-state index contributed by atoms with van der Waals surface area (Å²) in [5.74, 6) is 2.00. The van der Waals surface area contributed by atoms with Gasteiger partial charge in [0.05, 0.1) is 17.6 Å². The number of anilines is 1. The normalized spacial score (nSPS) is 11.8. The van der Waals surface area contributed by atoms with Crippen LogP contribution in [0.4, 0.5) is 5.69 Å². The maximum atomic E-state index is 11.9. The van der Waals surface area contributed by atoms with E-state index in [-0.39, 0.29) is 5.75 Å². The fraction of sp³-hybridized carbons (Fsp3) is 0.429. The van der Waals surface area contributed by atoms with Crippen LogP contribution in [0, 0.1) is 12.8 Å². The van der Waals surface area contributed by atoms with Crippen molar-refractivity contribution < 1.29 is 8.42 Å². The van der Waals surface area contributed by atoms with Crippen molar-refractivity contribution in [2.75, 3.05) is 10.5 Å². The molecule has 0 amide bonds. The average Bonchev–Trinajstić information content (AvgIpc) is 2.83. The zero-order chi connectivity index (χ0) is 15.5. The van der Waals surface area contributed by atoms with Gasteiger partial charge in [0, 0.05) is 12.4 Å². The maximum Gasteiger partial charge on any atom is 0.232 e. The molecule has 0 unspecified atom stereocenters. The van der Waals surface area contributed by atoms with Gasteiger partial charge in [-0.05, 0) is 31.4 Å². The number of pyridine rings is 1. The summed E-state index contributed by atoms with van der Waals surface area (Å²) < 4.78 is 28.2. The number of aromatic nitrogens is 3. The number of aryl methyl sites for hydroxylation is 1. The Hall–Kier alpha value is -1.89. The molecule has 0 bridgehead atoms. The minimum absolute atomic E-state index is 0.118. The molecule has 0 saturated heterocycles. The van der Waals surface area contributed by atoms with Gasteiger partial charge in [0.1, 0.15) is 11.6 Å². The average molecular weight is 308 g/mol. The molecule has 0 aliphatic heterocycles. The molecule has 0 fully saturated rings. The molecule has 0 aliphatic rings. The Morgan fingerprint density at radius 2 is 2.05 bits per heavy atom. The molecule has 0 aliphatic carbocycles. The van der Waals surface area contributed by atoms with Crippen molar-refractivity contribution in [3.05, 3.63) is 36.5 Å². The van der Waals surface area contributed by atoms with E-state index in [1.807, 2.05) is 31.5 Å². The SMILES string of the molecule is Cc1nccn1-c1ccc(NS(=O)(=O)CCC(C)C)cn1. The minimum Gasteiger partial charge on any atom is -0.288 e. The highest BCUT2D eigenvalue weighted by Crippen LogP contribution is 2.13. The van der Waals surface area contributed by atoms with E-state index < -0.39 is 10.0 Å². The van der Waals surface area contributed by atoms with Crippen molar-refractivity contribution in [3.8, 4) is 5.82 Å². The van der Waals surface area contributed by atoms with Crippen LogP contribution in [-0.2, 0) is 10.0 Å². The molecule has 1 N–H and O–H groups in total. The Bertz CT molecular complexity index is 690. The minimum atomic E-state index is -3.31. The predicted molar refractivity (Wildman–Crippen MR) is 83.0 cm³/mol. The van der Waals surface area contributed by atoms with Gasteiger partial charge >= 0.3 is 0 Å². The van der Waals surface area contributed by atoms with Gasteiger partial charge in [0.2, 0.25) is 10.0 Å². The van der Waals surface area contributed by atoms with E-state index in [0.29, 0.717) is 23.8 Å². The molecular formula is C14H20N4O2S. The lowest BCUT2D eigenvalue weighted by molar-refractivity contribution is 0.578. The van der Waals surface area contributed by atoms with Gasteiger partial charge in [-0.2, -0.15) is 0 Å². The molecule has 0 atom stereocenters. The highest BCUT2D eigenvalue weighted by Gasteiger charge is 2.12. The van der Waals surface area contributed by atoms with Crippen LogP contribution in [0.2, 0.25) is 0 Å². The molecule has 2 aromatic heterocycles. The van der Waals surface area contributed by atoms with Crippen LogP contribution in [0.25, 0.3) is 5.82 Å². The lowest BCUT2D eigenvalue weighted by Gasteiger charge is -2.10. The third-order valence-corrected chi connectivity index (χ3v) is 4.38. The number of sulfonamides is 1. The van der Waals surface area contributed by atoms with Gasteiger partial charge in [-0.25, -0.2) is 18.4 Å². The Labute approximate surface area is 125 Å². The van der Waals surface area contributed by atoms with E-state index in [1.54, 1.807) is 18.3 Å². The van der Waals surface area contributed by atoms with E-state index in [1.165, 1.54) is 6.20 Å². The van der Waals surface area contributed by atoms with E-state index in [0.717, 1.165) is 5.82 Å². The summed E-state index contributed by atoms with van der Waals surface area (Å²) in [7, 11) is -3.31. The standard InChI is InChI=1S/C14H20N4O2S/c1-11(2)6-9-21(19,20)17-13-4-5-14(16-10-13)18-8-7-15-12(18)3/h4-5,7-8,10-11,17H,6,9H2,1-3H3. The first kappa shape index (κ1) is 15.5. The predicted octanol–water partition coefficient (Wildman–Crippen LogP) is 2.36. The number of nitrogens with one attached hydrogen (secondary N) is 1. The molecule has 6 nitrogen and oxygen atoms in total. The number of rotatable bonds is 6. The van der Waals surface area contributed by atoms with Crippen molar-refractivity contribution in [1.29, 1.82) is 0 Å². The van der Waals surface area contributed by atoms with Crippen molar-refractivity contribution in [3.63, 3.8) is 0 Å². The van der Waals surface area contributed by atoms with Crippen LogP contribution in [0.3, 0.4) is 0 Å². The van der Waals surface area contributed by atoms with Crippen molar-refractivity contribution >= 4 is 15.7 Å². The Morgan fingerprint density at radius 1 is 1.29 bits per heavy atom. The zero-order valence-corrected chi connectivity index (χ0v) is 13.3. The summed E-state index contributed by atoms with van der Waals surface area (Å²) in [5.41, 5.74) is 0.472. The van der Waals surface area contributed by atoms with Crippen LogP contribution in [0.15, 0.2) is 30.7 Å². The maximum absolute atomic E-state index is 11.9. The van der Waals surface area contributed by atoms with Crippen LogP contribution >= 0.6 is 0 Å². The monoisotopic (exact) mass is 308 g/mol. The summed E-state index contributed by atoms with van der Waals surface area (Å²) in [4.78, 5) is 8.38. The lowest BCUT2D eigenvalue weighted by atomic mass is 10.2. The van der Waals surface area contributed by atoms with Crippen molar-refractivity contribution in [1.82, 2.24) is 14.5 Å². The van der Waals surface area contributed by atoms with Gasteiger partial charge in [-0.15, -0.1) is 0 Å². The Kier molecular flexibility index (Phi) is 4.62. The molecule has 0 aromatic carbocycles. The van der Waals surface area contributed by atoms with Gasteiger partial charge in [-0.3, -0.25) is 9.29 Å². The zero-order valence-electron chi connectivity index (χ0n) is 12.4. The molecule has 0 radical (unpaired) electrons. The van der Waals surface area contributed by atoms with Crippen LogP contribution in [-0.4, -0.2) is 28.7 Å². The smallest absolute Gasteiger partial charge is 0.232 e. The second-order valence-electron chi connectivity index (χ2n) is 5.35. The van der Waals surface area contributed by atoms with Gasteiger partial charge in [0.15, 0.2) is 0 Å². The summed E-state index contributed by atoms with van der Waals surface area (Å²) >= 11 is 0. The summed E-state index contributed by atoms with van der Waals surface area (Å²) in [6.45, 7) is 5.88. The Balaban J connectivity index is 2.08. The molecular weight excluding hydrogens is 288 g/mol. The third-order valence-electron chi connectivity index (χ3n) is 3.06. The summed E-state index contributed by atoms with van der Waals surface area (Å²) in [6.07, 6.45) is 5.65. The number of imidazole rings is 1.